The molecule has 0 amide bonds. The third-order valence-electron chi connectivity index (χ3n) is 4.93. The summed E-state index contributed by atoms with van der Waals surface area (Å²) in [5, 5.41) is 0. The number of hydrogen-bond acceptors (Lipinski definition) is 2. The molecule has 0 atom stereocenters. The van der Waals surface area contributed by atoms with Crippen molar-refractivity contribution >= 4 is 0 Å². The highest BCUT2D eigenvalue weighted by Crippen LogP contribution is 2.31. The van der Waals surface area contributed by atoms with Crippen LogP contribution in [0.25, 0.3) is 0 Å². The van der Waals surface area contributed by atoms with E-state index in [4.69, 9.17) is 4.74 Å². The van der Waals surface area contributed by atoms with Crippen LogP contribution < -0.4 is 0 Å². The summed E-state index contributed by atoms with van der Waals surface area (Å²) < 4.78 is 4.94. The average molecular weight is 301 g/mol. The number of ether oxygens (including phenoxy) is 1. The summed E-state index contributed by atoms with van der Waals surface area (Å²) in [6.45, 7) is 1.08. The Hall–Kier alpha value is -1.28. The molecule has 1 aromatic rings. The predicted molar refractivity (Wildman–Crippen MR) is 93.7 cm³/mol. The molecule has 0 heterocycles. The van der Waals surface area contributed by atoms with Gasteiger partial charge in [-0.05, 0) is 63.1 Å². The molecule has 22 heavy (non-hydrogen) atoms. The van der Waals surface area contributed by atoms with Crippen LogP contribution in [0, 0.1) is 5.92 Å². The Kier molecular flexibility index (Phi) is 7.51. The van der Waals surface area contributed by atoms with E-state index < -0.39 is 0 Å². The molecule has 122 valence electrons. The topological polar surface area (TPSA) is 12.5 Å². The molecule has 2 heteroatoms. The quantitative estimate of drug-likeness (QED) is 0.494. The van der Waals surface area contributed by atoms with Crippen molar-refractivity contribution in [1.82, 2.24) is 4.90 Å². The van der Waals surface area contributed by atoms with Gasteiger partial charge in [0.1, 0.15) is 0 Å². The van der Waals surface area contributed by atoms with E-state index in [1.807, 2.05) is 0 Å². The Labute approximate surface area is 136 Å². The van der Waals surface area contributed by atoms with E-state index in [1.165, 1.54) is 44.1 Å². The zero-order chi connectivity index (χ0) is 15.6. The van der Waals surface area contributed by atoms with E-state index in [0.29, 0.717) is 0 Å². The van der Waals surface area contributed by atoms with Crippen LogP contribution in [0.2, 0.25) is 0 Å². The van der Waals surface area contributed by atoms with Crippen molar-refractivity contribution in [3.05, 3.63) is 48.2 Å². The number of hydrogen-bond donors (Lipinski definition) is 0. The molecule has 2 nitrogen and oxygen atoms in total. The van der Waals surface area contributed by atoms with Gasteiger partial charge in [0.25, 0.3) is 0 Å². The Morgan fingerprint density at radius 1 is 1.14 bits per heavy atom. The van der Waals surface area contributed by atoms with Gasteiger partial charge in [-0.2, -0.15) is 0 Å². The van der Waals surface area contributed by atoms with Gasteiger partial charge >= 0.3 is 0 Å². The smallest absolute Gasteiger partial charge is 0.0784 e. The molecule has 0 spiro atoms. The highest BCUT2D eigenvalue weighted by atomic mass is 16.5. The first kappa shape index (κ1) is 17.1. The zero-order valence-corrected chi connectivity index (χ0v) is 14.2. The van der Waals surface area contributed by atoms with E-state index in [-0.39, 0.29) is 0 Å². The van der Waals surface area contributed by atoms with E-state index in [0.717, 1.165) is 24.9 Å². The normalized spacial score (nSPS) is 22.3. The highest BCUT2D eigenvalue weighted by Gasteiger charge is 2.23. The highest BCUT2D eigenvalue weighted by molar-refractivity contribution is 5.14. The van der Waals surface area contributed by atoms with Crippen LogP contribution in [0.4, 0.5) is 0 Å². The summed E-state index contributed by atoms with van der Waals surface area (Å²) >= 11 is 0. The van der Waals surface area contributed by atoms with Gasteiger partial charge in [-0.15, -0.1) is 0 Å². The standard InChI is InChI=1S/C20H31NO/c1-21(17-19-10-5-3-6-11-19)20-14-12-18(13-15-20)9-7-4-8-16-22-2/h3,5-6,8,10-11,16,18,20H,4,7,9,12-15,17H2,1-2H3. The molecular weight excluding hydrogens is 270 g/mol. The maximum Gasteiger partial charge on any atom is 0.0784 e. The number of benzene rings is 1. The van der Waals surface area contributed by atoms with Gasteiger partial charge in [0.05, 0.1) is 13.4 Å². The van der Waals surface area contributed by atoms with Crippen molar-refractivity contribution in [3.8, 4) is 0 Å². The van der Waals surface area contributed by atoms with Crippen molar-refractivity contribution < 1.29 is 4.74 Å². The number of methoxy groups -OCH3 is 1. The van der Waals surface area contributed by atoms with Gasteiger partial charge in [0, 0.05) is 12.6 Å². The van der Waals surface area contributed by atoms with Gasteiger partial charge < -0.3 is 4.74 Å². The van der Waals surface area contributed by atoms with Crippen molar-refractivity contribution in [3.63, 3.8) is 0 Å². The molecule has 0 bridgehead atoms. The maximum atomic E-state index is 4.94. The lowest BCUT2D eigenvalue weighted by Crippen LogP contribution is -2.34. The molecule has 0 N–H and O–H groups in total. The van der Waals surface area contributed by atoms with Crippen LogP contribution in [0.1, 0.15) is 50.5 Å². The van der Waals surface area contributed by atoms with E-state index in [2.05, 4.69) is 48.4 Å². The second-order valence-electron chi connectivity index (χ2n) is 6.61. The maximum absolute atomic E-state index is 4.94. The minimum atomic E-state index is 0.768. The number of nitrogens with zero attached hydrogens (tertiary/aromatic N) is 1. The van der Waals surface area contributed by atoms with Crippen molar-refractivity contribution in [2.75, 3.05) is 14.2 Å². The Morgan fingerprint density at radius 3 is 2.55 bits per heavy atom. The summed E-state index contributed by atoms with van der Waals surface area (Å²) in [7, 11) is 4.00. The van der Waals surface area contributed by atoms with Crippen LogP contribution in [0.5, 0.6) is 0 Å². The molecule has 1 aromatic carbocycles. The Balaban J connectivity index is 1.65. The first-order valence-electron chi connectivity index (χ1n) is 8.71. The van der Waals surface area contributed by atoms with Gasteiger partial charge in [0.2, 0.25) is 0 Å². The summed E-state index contributed by atoms with van der Waals surface area (Å²) in [4.78, 5) is 2.55. The van der Waals surface area contributed by atoms with Gasteiger partial charge in [-0.3, -0.25) is 4.90 Å². The van der Waals surface area contributed by atoms with Crippen LogP contribution in [-0.2, 0) is 11.3 Å². The fourth-order valence-corrected chi connectivity index (χ4v) is 3.56. The van der Waals surface area contributed by atoms with E-state index in [9.17, 15) is 0 Å². The SMILES string of the molecule is COC=CCCCC1CCC(N(C)Cc2ccccc2)CC1. The van der Waals surface area contributed by atoms with Gasteiger partial charge in [-0.1, -0.05) is 36.8 Å². The average Bonchev–Trinajstić information content (AvgIpc) is 2.56. The molecule has 0 unspecified atom stereocenters. The summed E-state index contributed by atoms with van der Waals surface area (Å²) in [6, 6.07) is 11.6. The second kappa shape index (κ2) is 9.68. The third kappa shape index (κ3) is 5.84. The Bertz CT molecular complexity index is 421. The first-order valence-corrected chi connectivity index (χ1v) is 8.71. The lowest BCUT2D eigenvalue weighted by molar-refractivity contribution is 0.155. The molecule has 1 aliphatic carbocycles. The molecule has 0 aromatic heterocycles. The van der Waals surface area contributed by atoms with Crippen LogP contribution in [0.15, 0.2) is 42.7 Å². The van der Waals surface area contributed by atoms with Gasteiger partial charge in [-0.25, -0.2) is 0 Å². The fraction of sp³-hybridized carbons (Fsp3) is 0.600. The minimum absolute atomic E-state index is 0.768. The molecule has 2 rings (SSSR count). The zero-order valence-electron chi connectivity index (χ0n) is 14.2. The summed E-state index contributed by atoms with van der Waals surface area (Å²) in [5.74, 6) is 0.942. The number of unbranched alkanes of at least 4 members (excludes halogenated alkanes) is 1. The Morgan fingerprint density at radius 2 is 1.86 bits per heavy atom. The minimum Gasteiger partial charge on any atom is -0.505 e. The van der Waals surface area contributed by atoms with Crippen molar-refractivity contribution in [2.24, 2.45) is 5.92 Å². The predicted octanol–water partition coefficient (Wildman–Crippen LogP) is 5.01. The lowest BCUT2D eigenvalue weighted by Gasteiger charge is -2.34. The molecule has 0 aliphatic heterocycles. The molecule has 0 saturated heterocycles. The summed E-state index contributed by atoms with van der Waals surface area (Å²) in [6.07, 6.45) is 13.3. The number of rotatable bonds is 8. The van der Waals surface area contributed by atoms with Crippen LogP contribution >= 0.6 is 0 Å². The number of allylic oxidation sites excluding steroid dienone is 1. The van der Waals surface area contributed by atoms with Crippen molar-refractivity contribution in [1.29, 1.82) is 0 Å². The molecule has 0 radical (unpaired) electrons. The summed E-state index contributed by atoms with van der Waals surface area (Å²) in [5.41, 5.74) is 1.43. The van der Waals surface area contributed by atoms with Gasteiger partial charge in [0.15, 0.2) is 0 Å². The molecule has 1 fully saturated rings. The molecule has 1 aliphatic rings. The lowest BCUT2D eigenvalue weighted by atomic mass is 9.82. The largest absolute Gasteiger partial charge is 0.505 e. The van der Waals surface area contributed by atoms with Crippen LogP contribution in [-0.4, -0.2) is 25.1 Å². The molecule has 1 saturated carbocycles. The second-order valence-corrected chi connectivity index (χ2v) is 6.61. The third-order valence-corrected chi connectivity index (χ3v) is 4.93. The van der Waals surface area contributed by atoms with Crippen LogP contribution in [0.3, 0.4) is 0 Å². The van der Waals surface area contributed by atoms with Crippen molar-refractivity contribution in [2.45, 2.75) is 57.5 Å². The first-order chi connectivity index (χ1) is 10.8. The van der Waals surface area contributed by atoms with E-state index in [1.54, 1.807) is 13.4 Å². The fourth-order valence-electron chi connectivity index (χ4n) is 3.56. The van der Waals surface area contributed by atoms with E-state index >= 15 is 0 Å². The monoisotopic (exact) mass is 301 g/mol. The molecular formula is C20H31NO.